The molecule has 23 heavy (non-hydrogen) atoms. The number of carboxylic acid groups (broad SMARTS) is 1. The Labute approximate surface area is 136 Å². The lowest BCUT2D eigenvalue weighted by Gasteiger charge is -2.37. The Morgan fingerprint density at radius 3 is 2.91 bits per heavy atom. The van der Waals surface area contributed by atoms with E-state index in [1.807, 2.05) is 31.2 Å². The number of hydrogen-bond donors (Lipinski definition) is 1. The Kier molecular flexibility index (Phi) is 4.72. The first-order valence-corrected chi connectivity index (χ1v) is 8.12. The number of carboxylic acids is 1. The fraction of sp³-hybridized carbons (Fsp3) is 0.368. The summed E-state index contributed by atoms with van der Waals surface area (Å²) in [4.78, 5) is 18.0. The Bertz CT molecular complexity index is 672. The Hall–Kier alpha value is -2.20. The van der Waals surface area contributed by atoms with Gasteiger partial charge in [-0.2, -0.15) is 0 Å². The van der Waals surface area contributed by atoms with Crippen molar-refractivity contribution in [3.05, 3.63) is 54.2 Å². The van der Waals surface area contributed by atoms with Crippen LogP contribution in [0.1, 0.15) is 25.3 Å². The van der Waals surface area contributed by atoms with Crippen LogP contribution in [0, 0.1) is 5.92 Å². The topological polar surface area (TPSA) is 53.4 Å². The fourth-order valence-electron chi connectivity index (χ4n) is 3.36. The summed E-state index contributed by atoms with van der Waals surface area (Å²) in [5.41, 5.74) is 3.26. The standard InChI is InChI=1S/C19H22N2O2/c1-14-17(19(22)23)8-5-11-21(14)13-15-6-4-7-16(12-15)18-9-2-3-10-20-18/h2-4,6-7,9-10,12,14,17H,5,8,11,13H2,1H3,(H,22,23)/t14-,17-/m1/s1. The van der Waals surface area contributed by atoms with Crippen LogP contribution in [0.4, 0.5) is 0 Å². The number of hydrogen-bond acceptors (Lipinski definition) is 3. The highest BCUT2D eigenvalue weighted by Crippen LogP contribution is 2.26. The number of aromatic nitrogens is 1. The molecule has 0 spiro atoms. The van der Waals surface area contributed by atoms with Gasteiger partial charge in [0.05, 0.1) is 11.6 Å². The quantitative estimate of drug-likeness (QED) is 0.940. The molecule has 1 aliphatic rings. The molecule has 0 radical (unpaired) electrons. The lowest BCUT2D eigenvalue weighted by atomic mass is 9.90. The predicted octanol–water partition coefficient (Wildman–Crippen LogP) is 3.43. The number of piperidine rings is 1. The number of rotatable bonds is 4. The summed E-state index contributed by atoms with van der Waals surface area (Å²) >= 11 is 0. The van der Waals surface area contributed by atoms with E-state index in [4.69, 9.17) is 0 Å². The lowest BCUT2D eigenvalue weighted by Crippen LogP contribution is -2.45. The summed E-state index contributed by atoms with van der Waals surface area (Å²) in [6.07, 6.45) is 3.52. The van der Waals surface area contributed by atoms with Crippen molar-refractivity contribution in [2.24, 2.45) is 5.92 Å². The summed E-state index contributed by atoms with van der Waals surface area (Å²) in [5.74, 6) is -0.938. The number of pyridine rings is 1. The second kappa shape index (κ2) is 6.92. The highest BCUT2D eigenvalue weighted by Gasteiger charge is 2.32. The van der Waals surface area contributed by atoms with Gasteiger partial charge in [0.2, 0.25) is 0 Å². The van der Waals surface area contributed by atoms with Crippen molar-refractivity contribution in [3.8, 4) is 11.3 Å². The SMILES string of the molecule is C[C@@H]1[C@H](C(=O)O)CCCN1Cc1cccc(-c2ccccn2)c1. The van der Waals surface area contributed by atoms with Crippen molar-refractivity contribution in [2.45, 2.75) is 32.4 Å². The van der Waals surface area contributed by atoms with Crippen molar-refractivity contribution in [1.29, 1.82) is 0 Å². The minimum absolute atomic E-state index is 0.0692. The highest BCUT2D eigenvalue weighted by atomic mass is 16.4. The molecule has 1 aromatic heterocycles. The molecule has 2 heterocycles. The molecule has 2 aromatic rings. The molecule has 1 N–H and O–H groups in total. The molecule has 0 unspecified atom stereocenters. The van der Waals surface area contributed by atoms with Gasteiger partial charge in [0, 0.05) is 24.3 Å². The van der Waals surface area contributed by atoms with Crippen molar-refractivity contribution in [1.82, 2.24) is 9.88 Å². The van der Waals surface area contributed by atoms with Crippen LogP contribution in [0.5, 0.6) is 0 Å². The first-order valence-electron chi connectivity index (χ1n) is 8.12. The maximum absolute atomic E-state index is 11.4. The molecule has 1 fully saturated rings. The van der Waals surface area contributed by atoms with Gasteiger partial charge in [-0.3, -0.25) is 14.7 Å². The second-order valence-corrected chi connectivity index (χ2v) is 6.21. The largest absolute Gasteiger partial charge is 0.481 e. The first-order chi connectivity index (χ1) is 11.1. The van der Waals surface area contributed by atoms with Gasteiger partial charge in [-0.15, -0.1) is 0 Å². The van der Waals surface area contributed by atoms with Gasteiger partial charge in [0.25, 0.3) is 0 Å². The van der Waals surface area contributed by atoms with Crippen LogP contribution in [0.2, 0.25) is 0 Å². The van der Waals surface area contributed by atoms with Crippen LogP contribution in [-0.2, 0) is 11.3 Å². The Balaban J connectivity index is 1.77. The molecule has 0 bridgehead atoms. The highest BCUT2D eigenvalue weighted by molar-refractivity contribution is 5.71. The lowest BCUT2D eigenvalue weighted by molar-refractivity contribution is -0.145. The van der Waals surface area contributed by atoms with Gasteiger partial charge in [-0.05, 0) is 50.1 Å². The molecule has 120 valence electrons. The molecule has 0 aliphatic carbocycles. The molecule has 3 rings (SSSR count). The minimum Gasteiger partial charge on any atom is -0.481 e. The van der Waals surface area contributed by atoms with E-state index in [0.717, 1.165) is 37.2 Å². The summed E-state index contributed by atoms with van der Waals surface area (Å²) in [6, 6.07) is 14.3. The average molecular weight is 310 g/mol. The summed E-state index contributed by atoms with van der Waals surface area (Å²) < 4.78 is 0. The third-order valence-electron chi connectivity index (χ3n) is 4.71. The molecule has 0 amide bonds. The molecule has 4 nitrogen and oxygen atoms in total. The summed E-state index contributed by atoms with van der Waals surface area (Å²) in [6.45, 7) is 3.77. The molecule has 1 aromatic carbocycles. The van der Waals surface area contributed by atoms with Crippen LogP contribution >= 0.6 is 0 Å². The van der Waals surface area contributed by atoms with Crippen molar-refractivity contribution < 1.29 is 9.90 Å². The molecule has 2 atom stereocenters. The van der Waals surface area contributed by atoms with Gasteiger partial charge < -0.3 is 5.11 Å². The van der Waals surface area contributed by atoms with E-state index in [1.54, 1.807) is 6.20 Å². The fourth-order valence-corrected chi connectivity index (χ4v) is 3.36. The van der Waals surface area contributed by atoms with Crippen LogP contribution in [0.25, 0.3) is 11.3 Å². The summed E-state index contributed by atoms with van der Waals surface area (Å²) in [7, 11) is 0. The average Bonchev–Trinajstić information content (AvgIpc) is 2.57. The van der Waals surface area contributed by atoms with E-state index in [0.29, 0.717) is 0 Å². The molecular formula is C19H22N2O2. The second-order valence-electron chi connectivity index (χ2n) is 6.21. The smallest absolute Gasteiger partial charge is 0.308 e. The van der Waals surface area contributed by atoms with Gasteiger partial charge in [-0.25, -0.2) is 0 Å². The van der Waals surface area contributed by atoms with Crippen LogP contribution in [0.3, 0.4) is 0 Å². The summed E-state index contributed by atoms with van der Waals surface area (Å²) in [5, 5.41) is 9.35. The normalized spacial score (nSPS) is 22.0. The van der Waals surface area contributed by atoms with Crippen molar-refractivity contribution in [2.75, 3.05) is 6.54 Å². The van der Waals surface area contributed by atoms with Gasteiger partial charge >= 0.3 is 5.97 Å². The van der Waals surface area contributed by atoms with Crippen LogP contribution < -0.4 is 0 Å². The Morgan fingerprint density at radius 1 is 1.30 bits per heavy atom. The maximum atomic E-state index is 11.4. The van der Waals surface area contributed by atoms with Gasteiger partial charge in [0.15, 0.2) is 0 Å². The molecular weight excluding hydrogens is 288 g/mol. The third-order valence-corrected chi connectivity index (χ3v) is 4.71. The van der Waals surface area contributed by atoms with Gasteiger partial charge in [-0.1, -0.05) is 24.3 Å². The molecule has 1 saturated heterocycles. The first kappa shape index (κ1) is 15.7. The number of nitrogens with zero attached hydrogens (tertiary/aromatic N) is 2. The van der Waals surface area contributed by atoms with Crippen LogP contribution in [-0.4, -0.2) is 33.5 Å². The zero-order valence-corrected chi connectivity index (χ0v) is 13.4. The third kappa shape index (κ3) is 3.59. The number of likely N-dealkylation sites (tertiary alicyclic amines) is 1. The maximum Gasteiger partial charge on any atom is 0.308 e. The number of benzene rings is 1. The number of aliphatic carboxylic acids is 1. The van der Waals surface area contributed by atoms with E-state index < -0.39 is 5.97 Å². The monoisotopic (exact) mass is 310 g/mol. The molecule has 1 aliphatic heterocycles. The van der Waals surface area contributed by atoms with E-state index >= 15 is 0 Å². The minimum atomic E-state index is -0.676. The van der Waals surface area contributed by atoms with E-state index in [1.165, 1.54) is 5.56 Å². The van der Waals surface area contributed by atoms with Gasteiger partial charge in [0.1, 0.15) is 0 Å². The van der Waals surface area contributed by atoms with Crippen molar-refractivity contribution >= 4 is 5.97 Å². The van der Waals surface area contributed by atoms with E-state index in [-0.39, 0.29) is 12.0 Å². The van der Waals surface area contributed by atoms with Crippen molar-refractivity contribution in [3.63, 3.8) is 0 Å². The van der Waals surface area contributed by atoms with E-state index in [9.17, 15) is 9.90 Å². The number of carbonyl (C=O) groups is 1. The zero-order chi connectivity index (χ0) is 16.2. The predicted molar refractivity (Wildman–Crippen MR) is 89.9 cm³/mol. The van der Waals surface area contributed by atoms with E-state index in [2.05, 4.69) is 28.1 Å². The molecule has 4 heteroatoms. The Morgan fingerprint density at radius 2 is 2.17 bits per heavy atom. The zero-order valence-electron chi connectivity index (χ0n) is 13.4. The molecule has 0 saturated carbocycles. The van der Waals surface area contributed by atoms with Crippen LogP contribution in [0.15, 0.2) is 48.7 Å².